The van der Waals surface area contributed by atoms with E-state index in [1.165, 1.54) is 22.7 Å². The van der Waals surface area contributed by atoms with Gasteiger partial charge in [-0.25, -0.2) is 9.97 Å². The van der Waals surface area contributed by atoms with E-state index in [4.69, 9.17) is 0 Å². The summed E-state index contributed by atoms with van der Waals surface area (Å²) in [5, 5.41) is 7.95. The van der Waals surface area contributed by atoms with E-state index in [0.29, 0.717) is 11.4 Å². The molecule has 0 radical (unpaired) electrons. The first-order chi connectivity index (χ1) is 12.3. The molecule has 0 saturated heterocycles. The van der Waals surface area contributed by atoms with Gasteiger partial charge in [-0.05, 0) is 40.5 Å². The van der Waals surface area contributed by atoms with Crippen molar-refractivity contribution in [2.75, 3.05) is 0 Å². The Hall–Kier alpha value is -1.80. The third-order valence-corrected chi connectivity index (χ3v) is 6.41. The van der Waals surface area contributed by atoms with Crippen molar-refractivity contribution in [1.82, 2.24) is 20.6 Å². The van der Waals surface area contributed by atoms with E-state index in [2.05, 4.69) is 20.6 Å². The van der Waals surface area contributed by atoms with Crippen LogP contribution in [0.1, 0.15) is 66.4 Å². The molecule has 8 heteroatoms. The molecule has 1 aliphatic rings. The lowest BCUT2D eigenvalue weighted by Crippen LogP contribution is -2.53. The molecular weight excluding hydrogens is 368 g/mol. The third kappa shape index (κ3) is 4.12. The lowest BCUT2D eigenvalue weighted by atomic mass is 9.90. The molecule has 0 aromatic carbocycles. The lowest BCUT2D eigenvalue weighted by molar-refractivity contribution is 0.0857. The molecule has 1 aliphatic carbocycles. The van der Waals surface area contributed by atoms with Crippen LogP contribution in [0.2, 0.25) is 0 Å². The maximum Gasteiger partial charge on any atom is 0.271 e. The first kappa shape index (κ1) is 19.0. The quantitative estimate of drug-likeness (QED) is 0.836. The predicted octanol–water partition coefficient (Wildman–Crippen LogP) is 3.30. The summed E-state index contributed by atoms with van der Waals surface area (Å²) in [4.78, 5) is 35.7. The monoisotopic (exact) mass is 392 g/mol. The molecule has 2 atom stereocenters. The van der Waals surface area contributed by atoms with E-state index in [1.807, 2.05) is 27.7 Å². The van der Waals surface area contributed by atoms with Gasteiger partial charge in [0.2, 0.25) is 0 Å². The number of amides is 2. The fourth-order valence-electron chi connectivity index (χ4n) is 3.43. The summed E-state index contributed by atoms with van der Waals surface area (Å²) in [5.74, 6) is -0.308. The highest BCUT2D eigenvalue weighted by Gasteiger charge is 2.30. The van der Waals surface area contributed by atoms with Gasteiger partial charge in [0.15, 0.2) is 0 Å². The van der Waals surface area contributed by atoms with Gasteiger partial charge in [0, 0.05) is 21.8 Å². The van der Waals surface area contributed by atoms with Gasteiger partial charge in [0.05, 0.1) is 10.0 Å². The van der Waals surface area contributed by atoms with Crippen LogP contribution in [0.25, 0.3) is 0 Å². The van der Waals surface area contributed by atoms with Gasteiger partial charge in [-0.1, -0.05) is 12.8 Å². The van der Waals surface area contributed by atoms with E-state index in [1.54, 1.807) is 0 Å². The Morgan fingerprint density at radius 2 is 1.19 bits per heavy atom. The van der Waals surface area contributed by atoms with Crippen LogP contribution in [-0.2, 0) is 0 Å². The van der Waals surface area contributed by atoms with E-state index in [-0.39, 0.29) is 23.9 Å². The predicted molar refractivity (Wildman–Crippen MR) is 104 cm³/mol. The van der Waals surface area contributed by atoms with Crippen LogP contribution >= 0.6 is 22.7 Å². The second-order valence-corrected chi connectivity index (χ2v) is 9.53. The van der Waals surface area contributed by atoms with E-state index >= 15 is 0 Å². The topological polar surface area (TPSA) is 84.0 Å². The number of rotatable bonds is 4. The van der Waals surface area contributed by atoms with Crippen molar-refractivity contribution in [3.8, 4) is 0 Å². The Labute approximate surface area is 161 Å². The summed E-state index contributed by atoms with van der Waals surface area (Å²) in [6, 6.07) is -0.164. The fraction of sp³-hybridized carbons (Fsp3) is 0.556. The Kier molecular flexibility index (Phi) is 5.72. The summed E-state index contributed by atoms with van der Waals surface area (Å²) in [6.45, 7) is 7.62. The highest BCUT2D eigenvalue weighted by atomic mass is 32.1. The summed E-state index contributed by atoms with van der Waals surface area (Å²) >= 11 is 3.05. The first-order valence-electron chi connectivity index (χ1n) is 8.85. The van der Waals surface area contributed by atoms with Crippen LogP contribution in [0, 0.1) is 27.7 Å². The van der Waals surface area contributed by atoms with Gasteiger partial charge < -0.3 is 10.6 Å². The van der Waals surface area contributed by atoms with Crippen LogP contribution in [0.3, 0.4) is 0 Å². The smallest absolute Gasteiger partial charge is 0.271 e. The SMILES string of the molecule is Cc1nc(C(=O)N[C@@H]2CCCC[C@H]2NC(=O)c2nc(C)sc2C)c(C)s1. The molecule has 2 aromatic heterocycles. The zero-order valence-corrected chi connectivity index (χ0v) is 17.1. The number of nitrogens with one attached hydrogen (secondary N) is 2. The van der Waals surface area contributed by atoms with E-state index in [9.17, 15) is 9.59 Å². The largest absolute Gasteiger partial charge is 0.346 e. The van der Waals surface area contributed by atoms with Crippen molar-refractivity contribution in [3.63, 3.8) is 0 Å². The number of carbonyl (C=O) groups is 2. The molecule has 0 spiro atoms. The van der Waals surface area contributed by atoms with Crippen molar-refractivity contribution < 1.29 is 9.59 Å². The Morgan fingerprint density at radius 1 is 0.808 bits per heavy atom. The molecule has 2 amide bonds. The third-order valence-electron chi connectivity index (χ3n) is 4.64. The van der Waals surface area contributed by atoms with Gasteiger partial charge in [-0.15, -0.1) is 22.7 Å². The van der Waals surface area contributed by atoms with Crippen LogP contribution in [0.5, 0.6) is 0 Å². The molecule has 0 unspecified atom stereocenters. The van der Waals surface area contributed by atoms with Crippen LogP contribution in [0.15, 0.2) is 0 Å². The summed E-state index contributed by atoms with van der Waals surface area (Å²) in [6.07, 6.45) is 3.80. The number of thiazole rings is 2. The molecule has 0 bridgehead atoms. The average Bonchev–Trinajstić information content (AvgIpc) is 3.10. The Morgan fingerprint density at radius 3 is 1.50 bits per heavy atom. The van der Waals surface area contributed by atoms with Crippen molar-refractivity contribution >= 4 is 34.5 Å². The number of nitrogens with zero attached hydrogens (tertiary/aromatic N) is 2. The number of carbonyl (C=O) groups excluding carboxylic acids is 2. The van der Waals surface area contributed by atoms with Gasteiger partial charge in [0.25, 0.3) is 11.8 Å². The van der Waals surface area contributed by atoms with Crippen molar-refractivity contribution in [2.24, 2.45) is 0 Å². The Balaban J connectivity index is 1.69. The van der Waals surface area contributed by atoms with Crippen LogP contribution in [0.4, 0.5) is 0 Å². The first-order valence-corrected chi connectivity index (χ1v) is 10.5. The maximum atomic E-state index is 12.6. The van der Waals surface area contributed by atoms with Gasteiger partial charge in [-0.3, -0.25) is 9.59 Å². The molecule has 140 valence electrons. The summed E-state index contributed by atoms with van der Waals surface area (Å²) in [7, 11) is 0. The lowest BCUT2D eigenvalue weighted by Gasteiger charge is -2.32. The van der Waals surface area contributed by atoms with Crippen LogP contribution in [-0.4, -0.2) is 33.9 Å². The number of hydrogen-bond donors (Lipinski definition) is 2. The molecule has 26 heavy (non-hydrogen) atoms. The highest BCUT2D eigenvalue weighted by Crippen LogP contribution is 2.22. The highest BCUT2D eigenvalue weighted by molar-refractivity contribution is 7.12. The molecule has 0 aliphatic heterocycles. The molecule has 1 fully saturated rings. The van der Waals surface area contributed by atoms with Gasteiger partial charge in [-0.2, -0.15) is 0 Å². The summed E-state index contributed by atoms with van der Waals surface area (Å²) in [5.41, 5.74) is 0.989. The average molecular weight is 393 g/mol. The standard InChI is InChI=1S/C18H24N4O2S2/c1-9-15(19-11(3)25-9)17(23)21-13-7-5-6-8-14(13)22-18(24)16-10(2)26-12(4)20-16/h13-14H,5-8H2,1-4H3,(H,21,23)(H,22,24)/t13-,14-/m1/s1. The molecule has 2 N–H and O–H groups in total. The second kappa shape index (κ2) is 7.84. The molecule has 2 aromatic rings. The van der Waals surface area contributed by atoms with Gasteiger partial charge in [0.1, 0.15) is 11.4 Å². The second-order valence-electron chi connectivity index (χ2n) is 6.72. The summed E-state index contributed by atoms with van der Waals surface area (Å²) < 4.78 is 0. The fourth-order valence-corrected chi connectivity index (χ4v) is 5.06. The van der Waals surface area contributed by atoms with Gasteiger partial charge >= 0.3 is 0 Å². The van der Waals surface area contributed by atoms with Crippen molar-refractivity contribution in [1.29, 1.82) is 0 Å². The number of hydrogen-bond acceptors (Lipinski definition) is 6. The van der Waals surface area contributed by atoms with Crippen molar-refractivity contribution in [2.45, 2.75) is 65.5 Å². The molecule has 3 rings (SSSR count). The Bertz CT molecular complexity index is 759. The van der Waals surface area contributed by atoms with E-state index in [0.717, 1.165) is 45.5 Å². The number of aromatic nitrogens is 2. The van der Waals surface area contributed by atoms with Crippen molar-refractivity contribution in [3.05, 3.63) is 31.2 Å². The molecule has 2 heterocycles. The minimum absolute atomic E-state index is 0.0818. The molecule has 1 saturated carbocycles. The van der Waals surface area contributed by atoms with E-state index < -0.39 is 0 Å². The molecular formula is C18H24N4O2S2. The minimum atomic E-state index is -0.154. The molecule has 6 nitrogen and oxygen atoms in total. The maximum absolute atomic E-state index is 12.6. The van der Waals surface area contributed by atoms with Crippen LogP contribution < -0.4 is 10.6 Å². The zero-order valence-electron chi connectivity index (χ0n) is 15.5. The number of aryl methyl sites for hydroxylation is 4. The zero-order chi connectivity index (χ0) is 18.8. The minimum Gasteiger partial charge on any atom is -0.346 e. The normalized spacial score (nSPS) is 20.0.